The van der Waals surface area contributed by atoms with Crippen LogP contribution in [0.5, 0.6) is 0 Å². The minimum Gasteiger partial charge on any atom is -0.399 e. The number of nitrogens with zero attached hydrogens (tertiary/aromatic N) is 1. The third-order valence-electron chi connectivity index (χ3n) is 9.42. The molecule has 1 saturated heterocycles. The zero-order valence-corrected chi connectivity index (χ0v) is 28.2. The predicted molar refractivity (Wildman–Crippen MR) is 178 cm³/mol. The van der Waals surface area contributed by atoms with E-state index >= 15 is 0 Å². The Hall–Kier alpha value is -2.28. The molecule has 0 bridgehead atoms. The van der Waals surface area contributed by atoms with E-state index in [1.807, 2.05) is 6.92 Å². The SMILES string of the molecule is C=C(N)C(=C)C(C)NC(=O)C1[C@@H](CCC)CCN1C(=C)C(NC(C)(C)CC)C1CCCCC1.CC(N)=O.CC1CCC1. The van der Waals surface area contributed by atoms with Gasteiger partial charge < -0.3 is 27.0 Å². The molecule has 1 aliphatic heterocycles. The van der Waals surface area contributed by atoms with E-state index in [4.69, 9.17) is 5.73 Å². The minimum atomic E-state index is -0.333. The first-order valence-corrected chi connectivity index (χ1v) is 16.6. The number of nitrogens with one attached hydrogen (secondary N) is 2. The first-order valence-electron chi connectivity index (χ1n) is 16.6. The summed E-state index contributed by atoms with van der Waals surface area (Å²) < 4.78 is 0. The number of amides is 2. The van der Waals surface area contributed by atoms with Crippen LogP contribution in [0.1, 0.15) is 126 Å². The van der Waals surface area contributed by atoms with Crippen LogP contribution in [0.2, 0.25) is 0 Å². The summed E-state index contributed by atoms with van der Waals surface area (Å²) in [5.41, 5.74) is 12.5. The molecule has 42 heavy (non-hydrogen) atoms. The number of nitrogens with two attached hydrogens (primary N) is 2. The molecule has 3 fully saturated rings. The maximum Gasteiger partial charge on any atom is 0.243 e. The highest BCUT2D eigenvalue weighted by Crippen LogP contribution is 2.37. The Bertz CT molecular complexity index is 884. The Labute approximate surface area is 258 Å². The third-order valence-corrected chi connectivity index (χ3v) is 9.42. The van der Waals surface area contributed by atoms with E-state index in [-0.39, 0.29) is 35.5 Å². The van der Waals surface area contributed by atoms with Crippen molar-refractivity contribution in [2.45, 2.75) is 149 Å². The maximum atomic E-state index is 13.6. The zero-order valence-electron chi connectivity index (χ0n) is 28.2. The van der Waals surface area contributed by atoms with E-state index in [0.29, 0.717) is 23.1 Å². The molecular formula is C35H65N5O2. The normalized spacial score (nSPS) is 22.3. The highest BCUT2D eigenvalue weighted by atomic mass is 16.2. The third kappa shape index (κ3) is 12.5. The minimum absolute atomic E-state index is 0.0269. The topological polar surface area (TPSA) is 113 Å². The monoisotopic (exact) mass is 588 g/mol. The number of likely N-dealkylation sites (tertiary alicyclic amines) is 1. The van der Waals surface area contributed by atoms with E-state index in [1.165, 1.54) is 58.3 Å². The molecule has 1 heterocycles. The summed E-state index contributed by atoms with van der Waals surface area (Å²) in [6, 6.07) is -0.234. The first kappa shape index (κ1) is 37.7. The van der Waals surface area contributed by atoms with Crippen LogP contribution in [0.25, 0.3) is 0 Å². The molecule has 2 aliphatic carbocycles. The molecule has 3 aliphatic rings. The lowest BCUT2D eigenvalue weighted by Crippen LogP contribution is -2.55. The van der Waals surface area contributed by atoms with Crippen molar-refractivity contribution in [3.8, 4) is 0 Å². The van der Waals surface area contributed by atoms with Gasteiger partial charge in [0.15, 0.2) is 0 Å². The van der Waals surface area contributed by atoms with Gasteiger partial charge in [0.25, 0.3) is 0 Å². The molecule has 2 saturated carbocycles. The van der Waals surface area contributed by atoms with Gasteiger partial charge in [0.2, 0.25) is 11.8 Å². The Morgan fingerprint density at radius 1 is 0.976 bits per heavy atom. The highest BCUT2D eigenvalue weighted by molar-refractivity contribution is 5.83. The van der Waals surface area contributed by atoms with Gasteiger partial charge in [0.05, 0.1) is 6.04 Å². The van der Waals surface area contributed by atoms with Gasteiger partial charge in [-0.1, -0.05) is 85.5 Å². The van der Waals surface area contributed by atoms with E-state index in [9.17, 15) is 9.59 Å². The first-order chi connectivity index (χ1) is 19.6. The van der Waals surface area contributed by atoms with Crippen molar-refractivity contribution in [2.24, 2.45) is 29.2 Å². The van der Waals surface area contributed by atoms with Gasteiger partial charge in [0.1, 0.15) is 6.04 Å². The molecule has 4 atom stereocenters. The predicted octanol–water partition coefficient (Wildman–Crippen LogP) is 6.55. The number of carbonyl (C=O) groups excluding carboxylic acids is 2. The van der Waals surface area contributed by atoms with Crippen molar-refractivity contribution in [3.05, 3.63) is 36.7 Å². The van der Waals surface area contributed by atoms with Gasteiger partial charge >= 0.3 is 0 Å². The van der Waals surface area contributed by atoms with Crippen LogP contribution >= 0.6 is 0 Å². The summed E-state index contributed by atoms with van der Waals surface area (Å²) in [5, 5.41) is 7.13. The summed E-state index contributed by atoms with van der Waals surface area (Å²) in [4.78, 5) is 25.1. The standard InChI is InChI=1S/C28H50N4O.C5H10.C2H5NO/c1-9-14-24-17-18-32(26(24)27(33)30-21(5)19(3)20(4)29)22(6)25(31-28(7,8)10-2)23-15-12-11-13-16-23;1-5-3-2-4-5;1-2(3)4/h21,23-26,31H,3-4,6,9-18,29H2,1-2,5,7-8H3,(H,30,33);5H,2-4H2,1H3;1H3,(H2,3,4)/t21?,24-,25?,26?;;/m0../s1. The van der Waals surface area contributed by atoms with Crippen molar-refractivity contribution in [2.75, 3.05) is 6.54 Å². The lowest BCUT2D eigenvalue weighted by molar-refractivity contribution is -0.126. The average molecular weight is 588 g/mol. The van der Waals surface area contributed by atoms with Gasteiger partial charge in [-0.3, -0.25) is 9.59 Å². The molecule has 7 nitrogen and oxygen atoms in total. The van der Waals surface area contributed by atoms with Crippen molar-refractivity contribution in [1.29, 1.82) is 0 Å². The van der Waals surface area contributed by atoms with Gasteiger partial charge in [-0.25, -0.2) is 0 Å². The lowest BCUT2D eigenvalue weighted by atomic mass is 9.81. The van der Waals surface area contributed by atoms with Crippen LogP contribution in [0, 0.1) is 17.8 Å². The van der Waals surface area contributed by atoms with Gasteiger partial charge in [0, 0.05) is 36.4 Å². The second-order valence-corrected chi connectivity index (χ2v) is 13.7. The molecule has 0 aromatic rings. The number of rotatable bonds is 12. The summed E-state index contributed by atoms with van der Waals surface area (Å²) in [7, 11) is 0. The number of primary amides is 1. The zero-order chi connectivity index (χ0) is 32.0. The van der Waals surface area contributed by atoms with Crippen LogP contribution < -0.4 is 22.1 Å². The highest BCUT2D eigenvalue weighted by Gasteiger charge is 2.43. The number of hydrogen-bond donors (Lipinski definition) is 4. The smallest absolute Gasteiger partial charge is 0.243 e. The van der Waals surface area contributed by atoms with Crippen LogP contribution in [0.3, 0.4) is 0 Å². The molecule has 2 amide bonds. The summed E-state index contributed by atoms with van der Waals surface area (Å²) in [6.07, 6.45) is 15.0. The Balaban J connectivity index is 0.000000838. The molecular weight excluding hydrogens is 522 g/mol. The lowest BCUT2D eigenvalue weighted by Gasteiger charge is -2.42. The van der Waals surface area contributed by atoms with Crippen LogP contribution in [-0.2, 0) is 9.59 Å². The van der Waals surface area contributed by atoms with Crippen LogP contribution in [-0.4, -0.2) is 46.9 Å². The molecule has 3 unspecified atom stereocenters. The molecule has 242 valence electrons. The van der Waals surface area contributed by atoms with Gasteiger partial charge in [-0.05, 0) is 76.2 Å². The molecule has 3 rings (SSSR count). The molecule has 7 heteroatoms. The largest absolute Gasteiger partial charge is 0.399 e. The summed E-state index contributed by atoms with van der Waals surface area (Å²) in [6.45, 7) is 27.8. The Kier molecular flexibility index (Phi) is 16.5. The number of carbonyl (C=O) groups is 2. The van der Waals surface area contributed by atoms with E-state index in [2.05, 4.69) is 75.6 Å². The summed E-state index contributed by atoms with van der Waals surface area (Å²) >= 11 is 0. The fraction of sp³-hybridized carbons (Fsp3) is 0.771. The Morgan fingerprint density at radius 2 is 1.52 bits per heavy atom. The second kappa shape index (κ2) is 18.4. The molecule has 0 aromatic heterocycles. The van der Waals surface area contributed by atoms with Gasteiger partial charge in [-0.2, -0.15) is 0 Å². The quantitative estimate of drug-likeness (QED) is 0.193. The molecule has 6 N–H and O–H groups in total. The summed E-state index contributed by atoms with van der Waals surface area (Å²) in [5.74, 6) is 1.69. The number of hydrogen-bond acceptors (Lipinski definition) is 5. The molecule has 0 radical (unpaired) electrons. The van der Waals surface area contributed by atoms with E-state index in [1.54, 1.807) is 0 Å². The average Bonchev–Trinajstić information content (AvgIpc) is 3.34. The second-order valence-electron chi connectivity index (χ2n) is 13.7. The van der Waals surface area contributed by atoms with Crippen molar-refractivity contribution in [1.82, 2.24) is 15.5 Å². The van der Waals surface area contributed by atoms with E-state index in [0.717, 1.165) is 43.8 Å². The molecule has 0 aromatic carbocycles. The van der Waals surface area contributed by atoms with E-state index < -0.39 is 0 Å². The van der Waals surface area contributed by atoms with Gasteiger partial charge in [-0.15, -0.1) is 0 Å². The fourth-order valence-corrected chi connectivity index (χ4v) is 6.13. The van der Waals surface area contributed by atoms with Crippen LogP contribution in [0.4, 0.5) is 0 Å². The van der Waals surface area contributed by atoms with Crippen molar-refractivity contribution >= 4 is 11.8 Å². The van der Waals surface area contributed by atoms with Crippen LogP contribution in [0.15, 0.2) is 36.7 Å². The molecule has 0 spiro atoms. The fourth-order valence-electron chi connectivity index (χ4n) is 6.13. The van der Waals surface area contributed by atoms with Crippen molar-refractivity contribution in [3.63, 3.8) is 0 Å². The van der Waals surface area contributed by atoms with Crippen molar-refractivity contribution < 1.29 is 9.59 Å². The maximum absolute atomic E-state index is 13.6. The Morgan fingerprint density at radius 3 is 1.95 bits per heavy atom.